The van der Waals surface area contributed by atoms with E-state index in [2.05, 4.69) is 5.10 Å². The lowest BCUT2D eigenvalue weighted by Crippen LogP contribution is -2.10. The van der Waals surface area contributed by atoms with Crippen LogP contribution in [-0.4, -0.2) is 28.1 Å². The van der Waals surface area contributed by atoms with Crippen LogP contribution in [0.1, 0.15) is 0 Å². The van der Waals surface area contributed by atoms with Gasteiger partial charge in [-0.1, -0.05) is 6.07 Å². The van der Waals surface area contributed by atoms with E-state index in [0.717, 1.165) is 10.1 Å². The maximum Gasteiger partial charge on any atom is 0.432 e. The highest BCUT2D eigenvalue weighted by Crippen LogP contribution is 2.28. The Morgan fingerprint density at radius 2 is 2.33 bits per heavy atom. The topological polar surface area (TPSA) is 64.4 Å². The van der Waals surface area contributed by atoms with Crippen molar-refractivity contribution in [1.29, 1.82) is 0 Å². The summed E-state index contributed by atoms with van der Waals surface area (Å²) in [6.45, 7) is 0. The Kier molecular flexibility index (Phi) is 2.51. The Hall–Kier alpha value is -1.31. The zero-order valence-electron chi connectivity index (χ0n) is 7.77. The number of carbonyl (C=O) groups is 1. The second kappa shape index (κ2) is 3.69. The van der Waals surface area contributed by atoms with Gasteiger partial charge in [0.1, 0.15) is 15.0 Å². The first-order chi connectivity index (χ1) is 7.15. The fraction of sp³-hybridized carbons (Fsp3) is 0.111. The number of ether oxygens (including phenoxy) is 1. The van der Waals surface area contributed by atoms with Crippen LogP contribution in [0.5, 0.6) is 5.75 Å². The van der Waals surface area contributed by atoms with Crippen molar-refractivity contribution >= 4 is 39.6 Å². The van der Waals surface area contributed by atoms with Gasteiger partial charge < -0.3 is 9.84 Å². The molecule has 0 fully saturated rings. The highest BCUT2D eigenvalue weighted by atomic mass is 127. The summed E-state index contributed by atoms with van der Waals surface area (Å²) < 4.78 is 6.67. The minimum Gasteiger partial charge on any atom is -0.494 e. The van der Waals surface area contributed by atoms with Crippen LogP contribution in [0, 0.1) is 3.70 Å². The van der Waals surface area contributed by atoms with E-state index >= 15 is 0 Å². The van der Waals surface area contributed by atoms with Gasteiger partial charge >= 0.3 is 6.09 Å². The van der Waals surface area contributed by atoms with Crippen LogP contribution < -0.4 is 4.74 Å². The number of aromatic nitrogens is 2. The molecular formula is C9H7IN2O3. The van der Waals surface area contributed by atoms with Gasteiger partial charge in [0.15, 0.2) is 0 Å². The van der Waals surface area contributed by atoms with Gasteiger partial charge in [-0.25, -0.2) is 4.79 Å². The summed E-state index contributed by atoms with van der Waals surface area (Å²) >= 11 is 1.99. The zero-order valence-corrected chi connectivity index (χ0v) is 9.93. The molecule has 0 aliphatic heterocycles. The number of nitrogens with zero attached hydrogens (tertiary/aromatic N) is 2. The SMILES string of the molecule is COc1cccc2c(I)nn(C(=O)O)c12. The molecular weight excluding hydrogens is 311 g/mol. The summed E-state index contributed by atoms with van der Waals surface area (Å²) in [6.07, 6.45) is -1.12. The van der Waals surface area contributed by atoms with Crippen molar-refractivity contribution in [3.05, 3.63) is 21.9 Å². The molecule has 1 heterocycles. The second-order valence-electron chi connectivity index (χ2n) is 2.84. The van der Waals surface area contributed by atoms with Crippen LogP contribution in [0.4, 0.5) is 4.79 Å². The summed E-state index contributed by atoms with van der Waals surface area (Å²) in [5.74, 6) is 0.505. The number of halogens is 1. The van der Waals surface area contributed by atoms with Crippen LogP contribution in [0.15, 0.2) is 18.2 Å². The highest BCUT2D eigenvalue weighted by Gasteiger charge is 2.16. The molecule has 1 aromatic carbocycles. The molecule has 0 bridgehead atoms. The lowest BCUT2D eigenvalue weighted by atomic mass is 10.2. The Morgan fingerprint density at radius 3 is 2.93 bits per heavy atom. The number of methoxy groups -OCH3 is 1. The van der Waals surface area contributed by atoms with Gasteiger partial charge in [0, 0.05) is 5.39 Å². The second-order valence-corrected chi connectivity index (χ2v) is 3.86. The molecule has 0 radical (unpaired) electrons. The number of fused-ring (bicyclic) bond motifs is 1. The maximum atomic E-state index is 10.9. The number of rotatable bonds is 1. The number of para-hydroxylation sites is 1. The largest absolute Gasteiger partial charge is 0.494 e. The summed E-state index contributed by atoms with van der Waals surface area (Å²) in [5.41, 5.74) is 0.483. The number of carboxylic acid groups (broad SMARTS) is 1. The normalized spacial score (nSPS) is 10.5. The molecule has 15 heavy (non-hydrogen) atoms. The maximum absolute atomic E-state index is 10.9. The third-order valence-corrected chi connectivity index (χ3v) is 2.82. The van der Waals surface area contributed by atoms with E-state index in [0.29, 0.717) is 15.0 Å². The molecule has 5 nitrogen and oxygen atoms in total. The van der Waals surface area contributed by atoms with Crippen molar-refractivity contribution < 1.29 is 14.6 Å². The van der Waals surface area contributed by atoms with Gasteiger partial charge in [0.05, 0.1) is 7.11 Å². The van der Waals surface area contributed by atoms with Gasteiger partial charge in [-0.2, -0.15) is 9.78 Å². The summed E-state index contributed by atoms with van der Waals surface area (Å²) in [7, 11) is 1.50. The smallest absolute Gasteiger partial charge is 0.432 e. The molecule has 2 rings (SSSR count). The van der Waals surface area contributed by atoms with Crippen LogP contribution >= 0.6 is 22.6 Å². The molecule has 0 saturated carbocycles. The summed E-state index contributed by atoms with van der Waals surface area (Å²) in [4.78, 5) is 10.9. The first-order valence-corrected chi connectivity index (χ1v) is 5.17. The predicted molar refractivity (Wildman–Crippen MR) is 62.4 cm³/mol. The van der Waals surface area contributed by atoms with Crippen molar-refractivity contribution in [3.63, 3.8) is 0 Å². The third kappa shape index (κ3) is 1.54. The number of hydrogen-bond donors (Lipinski definition) is 1. The van der Waals surface area contributed by atoms with Crippen molar-refractivity contribution in [1.82, 2.24) is 9.78 Å². The molecule has 0 spiro atoms. The summed E-state index contributed by atoms with van der Waals surface area (Å²) in [5, 5.41) is 13.7. The monoisotopic (exact) mass is 318 g/mol. The molecule has 1 aromatic heterocycles. The summed E-state index contributed by atoms with van der Waals surface area (Å²) in [6, 6.07) is 5.32. The Balaban J connectivity index is 2.88. The van der Waals surface area contributed by atoms with Gasteiger partial charge in [-0.05, 0) is 34.7 Å². The first kappa shape index (κ1) is 10.2. The van der Waals surface area contributed by atoms with Gasteiger partial charge in [0.25, 0.3) is 0 Å². The van der Waals surface area contributed by atoms with E-state index in [-0.39, 0.29) is 0 Å². The standard InChI is InChI=1S/C9H7IN2O3/c1-15-6-4-2-3-5-7(6)12(9(13)14)11-8(5)10/h2-4H,1H3,(H,13,14). The van der Waals surface area contributed by atoms with Crippen molar-refractivity contribution in [2.45, 2.75) is 0 Å². The molecule has 1 N–H and O–H groups in total. The number of hydrogen-bond acceptors (Lipinski definition) is 3. The number of benzene rings is 1. The van der Waals surface area contributed by atoms with Crippen LogP contribution in [0.3, 0.4) is 0 Å². The predicted octanol–water partition coefficient (Wildman–Crippen LogP) is 2.18. The van der Waals surface area contributed by atoms with Crippen LogP contribution in [0.2, 0.25) is 0 Å². The van der Waals surface area contributed by atoms with E-state index < -0.39 is 6.09 Å². The van der Waals surface area contributed by atoms with Crippen molar-refractivity contribution in [2.24, 2.45) is 0 Å². The minimum absolute atomic E-state index is 0.483. The van der Waals surface area contributed by atoms with Gasteiger partial charge in [-0.15, -0.1) is 0 Å². The molecule has 0 unspecified atom stereocenters. The van der Waals surface area contributed by atoms with Gasteiger partial charge in [-0.3, -0.25) is 0 Å². The molecule has 0 atom stereocenters. The minimum atomic E-state index is -1.12. The highest BCUT2D eigenvalue weighted by molar-refractivity contribution is 14.1. The van der Waals surface area contributed by atoms with Crippen LogP contribution in [0.25, 0.3) is 10.9 Å². The lowest BCUT2D eigenvalue weighted by Gasteiger charge is -2.02. The van der Waals surface area contributed by atoms with E-state index in [1.807, 2.05) is 28.7 Å². The first-order valence-electron chi connectivity index (χ1n) is 4.09. The van der Waals surface area contributed by atoms with E-state index in [9.17, 15) is 4.79 Å². The zero-order chi connectivity index (χ0) is 11.0. The molecule has 2 aromatic rings. The van der Waals surface area contributed by atoms with Crippen LogP contribution in [-0.2, 0) is 0 Å². The van der Waals surface area contributed by atoms with E-state index in [4.69, 9.17) is 9.84 Å². The fourth-order valence-corrected chi connectivity index (χ4v) is 2.05. The van der Waals surface area contributed by atoms with Crippen molar-refractivity contribution in [2.75, 3.05) is 7.11 Å². The Labute approximate surface area is 98.8 Å². The molecule has 0 amide bonds. The average Bonchev–Trinajstić information content (AvgIpc) is 2.56. The Bertz CT molecular complexity index is 535. The van der Waals surface area contributed by atoms with Crippen molar-refractivity contribution in [3.8, 4) is 5.75 Å². The molecule has 0 saturated heterocycles. The molecule has 0 aliphatic carbocycles. The molecule has 78 valence electrons. The average molecular weight is 318 g/mol. The van der Waals surface area contributed by atoms with E-state index in [1.54, 1.807) is 12.1 Å². The molecule has 0 aliphatic rings. The van der Waals surface area contributed by atoms with E-state index in [1.165, 1.54) is 7.11 Å². The fourth-order valence-electron chi connectivity index (χ4n) is 1.40. The Morgan fingerprint density at radius 1 is 1.60 bits per heavy atom. The quantitative estimate of drug-likeness (QED) is 0.819. The third-order valence-electron chi connectivity index (χ3n) is 2.02. The lowest BCUT2D eigenvalue weighted by molar-refractivity contribution is 0.193. The van der Waals surface area contributed by atoms with Gasteiger partial charge in [0.2, 0.25) is 0 Å². The molecule has 6 heteroatoms.